The summed E-state index contributed by atoms with van der Waals surface area (Å²) in [5.74, 6) is 0.924. The van der Waals surface area contributed by atoms with Crippen LogP contribution in [-0.2, 0) is 0 Å². The SMILES string of the molecule is CCOc1ccc(C(NC)c2c(C)cc(C)cc2C)cc1. The second kappa shape index (κ2) is 6.77. The standard InChI is InChI=1S/C19H25NO/c1-6-21-17-9-7-16(8-10-17)19(20-5)18-14(3)11-13(2)12-15(18)4/h7-12,19-20H,6H2,1-5H3. The lowest BCUT2D eigenvalue weighted by atomic mass is 9.90. The molecular weight excluding hydrogens is 258 g/mol. The molecule has 0 aliphatic carbocycles. The van der Waals surface area contributed by atoms with Crippen LogP contribution in [0.3, 0.4) is 0 Å². The molecule has 2 aromatic rings. The number of benzene rings is 2. The van der Waals surface area contributed by atoms with Crippen molar-refractivity contribution in [2.75, 3.05) is 13.7 Å². The largest absolute Gasteiger partial charge is 0.494 e. The van der Waals surface area contributed by atoms with E-state index in [1.54, 1.807) is 0 Å². The zero-order chi connectivity index (χ0) is 15.4. The molecule has 0 spiro atoms. The van der Waals surface area contributed by atoms with Crippen molar-refractivity contribution in [3.8, 4) is 5.75 Å². The normalized spacial score (nSPS) is 12.2. The van der Waals surface area contributed by atoms with Gasteiger partial charge in [-0.1, -0.05) is 29.8 Å². The third-order valence-corrected chi connectivity index (χ3v) is 3.84. The smallest absolute Gasteiger partial charge is 0.119 e. The predicted octanol–water partition coefficient (Wildman–Crippen LogP) is 4.32. The van der Waals surface area contributed by atoms with E-state index in [0.717, 1.165) is 5.75 Å². The lowest BCUT2D eigenvalue weighted by molar-refractivity contribution is 0.340. The van der Waals surface area contributed by atoms with Crippen molar-refractivity contribution in [1.82, 2.24) is 5.32 Å². The van der Waals surface area contributed by atoms with Crippen molar-refractivity contribution in [1.29, 1.82) is 0 Å². The van der Waals surface area contributed by atoms with Gasteiger partial charge in [0.1, 0.15) is 5.75 Å². The molecule has 0 saturated heterocycles. The van der Waals surface area contributed by atoms with Crippen LogP contribution < -0.4 is 10.1 Å². The monoisotopic (exact) mass is 283 g/mol. The molecular formula is C19H25NO. The van der Waals surface area contributed by atoms with Gasteiger partial charge in [0.05, 0.1) is 12.6 Å². The number of ether oxygens (including phenoxy) is 1. The second-order valence-corrected chi connectivity index (χ2v) is 5.54. The van der Waals surface area contributed by atoms with Gasteiger partial charge in [0.25, 0.3) is 0 Å². The van der Waals surface area contributed by atoms with Crippen LogP contribution in [0.5, 0.6) is 5.75 Å². The summed E-state index contributed by atoms with van der Waals surface area (Å²) in [6.45, 7) is 9.23. The third-order valence-electron chi connectivity index (χ3n) is 3.84. The Hall–Kier alpha value is -1.80. The minimum atomic E-state index is 0.210. The van der Waals surface area contributed by atoms with Gasteiger partial charge in [-0.05, 0) is 69.1 Å². The Labute approximate surface area is 128 Å². The molecule has 21 heavy (non-hydrogen) atoms. The fraction of sp³-hybridized carbons (Fsp3) is 0.368. The van der Waals surface area contributed by atoms with E-state index in [-0.39, 0.29) is 6.04 Å². The van der Waals surface area contributed by atoms with E-state index in [1.165, 1.54) is 27.8 Å². The van der Waals surface area contributed by atoms with Crippen molar-refractivity contribution >= 4 is 0 Å². The van der Waals surface area contributed by atoms with Gasteiger partial charge in [0.2, 0.25) is 0 Å². The molecule has 0 heterocycles. The van der Waals surface area contributed by atoms with Gasteiger partial charge >= 0.3 is 0 Å². The van der Waals surface area contributed by atoms with Crippen molar-refractivity contribution in [2.45, 2.75) is 33.7 Å². The second-order valence-electron chi connectivity index (χ2n) is 5.54. The van der Waals surface area contributed by atoms with E-state index >= 15 is 0 Å². The first kappa shape index (κ1) is 15.6. The summed E-state index contributed by atoms with van der Waals surface area (Å²) < 4.78 is 5.52. The van der Waals surface area contributed by atoms with Crippen LogP contribution in [0.15, 0.2) is 36.4 Å². The highest BCUT2D eigenvalue weighted by molar-refractivity contribution is 5.45. The van der Waals surface area contributed by atoms with Crippen LogP contribution in [0.1, 0.15) is 40.8 Å². The summed E-state index contributed by atoms with van der Waals surface area (Å²) >= 11 is 0. The number of hydrogen-bond donors (Lipinski definition) is 1. The zero-order valence-corrected chi connectivity index (χ0v) is 13.7. The van der Waals surface area contributed by atoms with Crippen LogP contribution in [-0.4, -0.2) is 13.7 Å². The van der Waals surface area contributed by atoms with Crippen molar-refractivity contribution in [2.24, 2.45) is 0 Å². The molecule has 0 radical (unpaired) electrons. The zero-order valence-electron chi connectivity index (χ0n) is 13.7. The fourth-order valence-electron chi connectivity index (χ4n) is 3.05. The maximum atomic E-state index is 5.52. The lowest BCUT2D eigenvalue weighted by Crippen LogP contribution is -2.20. The van der Waals surface area contributed by atoms with Crippen LogP contribution in [0.4, 0.5) is 0 Å². The van der Waals surface area contributed by atoms with E-state index in [4.69, 9.17) is 4.74 Å². The molecule has 0 amide bonds. The average Bonchev–Trinajstić information content (AvgIpc) is 2.44. The molecule has 2 heteroatoms. The molecule has 2 rings (SSSR count). The Bertz CT molecular complexity index is 578. The Morgan fingerprint density at radius 1 is 1.00 bits per heavy atom. The fourth-order valence-corrected chi connectivity index (χ4v) is 3.05. The molecule has 2 nitrogen and oxygen atoms in total. The van der Waals surface area contributed by atoms with Gasteiger partial charge in [-0.2, -0.15) is 0 Å². The average molecular weight is 283 g/mol. The molecule has 0 aromatic heterocycles. The Kier molecular flexibility index (Phi) is 5.03. The number of aryl methyl sites for hydroxylation is 3. The highest BCUT2D eigenvalue weighted by Crippen LogP contribution is 2.29. The van der Waals surface area contributed by atoms with E-state index in [9.17, 15) is 0 Å². The molecule has 112 valence electrons. The van der Waals surface area contributed by atoms with Gasteiger partial charge in [-0.25, -0.2) is 0 Å². The quantitative estimate of drug-likeness (QED) is 0.882. The number of nitrogens with one attached hydrogen (secondary N) is 1. The Balaban J connectivity index is 2.40. The van der Waals surface area contributed by atoms with Crippen LogP contribution in [0.2, 0.25) is 0 Å². The topological polar surface area (TPSA) is 21.3 Å². The molecule has 0 aliphatic rings. The summed E-state index contributed by atoms with van der Waals surface area (Å²) in [4.78, 5) is 0. The van der Waals surface area contributed by atoms with Gasteiger partial charge in [0.15, 0.2) is 0 Å². The van der Waals surface area contributed by atoms with E-state index in [1.807, 2.05) is 26.1 Å². The predicted molar refractivity (Wildman–Crippen MR) is 89.2 cm³/mol. The number of rotatable bonds is 5. The minimum Gasteiger partial charge on any atom is -0.494 e. The highest BCUT2D eigenvalue weighted by Gasteiger charge is 2.17. The first-order valence-corrected chi connectivity index (χ1v) is 7.54. The molecule has 0 fully saturated rings. The van der Waals surface area contributed by atoms with Gasteiger partial charge in [0, 0.05) is 0 Å². The Morgan fingerprint density at radius 2 is 1.57 bits per heavy atom. The molecule has 0 aliphatic heterocycles. The van der Waals surface area contributed by atoms with Crippen LogP contribution in [0, 0.1) is 20.8 Å². The lowest BCUT2D eigenvalue weighted by Gasteiger charge is -2.22. The molecule has 0 saturated carbocycles. The molecule has 0 bridgehead atoms. The van der Waals surface area contributed by atoms with Crippen LogP contribution in [0.25, 0.3) is 0 Å². The maximum absolute atomic E-state index is 5.52. The molecule has 1 atom stereocenters. The van der Waals surface area contributed by atoms with Crippen molar-refractivity contribution < 1.29 is 4.74 Å². The maximum Gasteiger partial charge on any atom is 0.119 e. The van der Waals surface area contributed by atoms with Gasteiger partial charge < -0.3 is 10.1 Å². The van der Waals surface area contributed by atoms with E-state index in [0.29, 0.717) is 6.61 Å². The van der Waals surface area contributed by atoms with Gasteiger partial charge in [-0.15, -0.1) is 0 Å². The molecule has 1 N–H and O–H groups in total. The summed E-state index contributed by atoms with van der Waals surface area (Å²) in [6, 6.07) is 13.1. The Morgan fingerprint density at radius 3 is 2.05 bits per heavy atom. The van der Waals surface area contributed by atoms with E-state index in [2.05, 4.69) is 50.4 Å². The van der Waals surface area contributed by atoms with Crippen LogP contribution >= 0.6 is 0 Å². The van der Waals surface area contributed by atoms with Gasteiger partial charge in [-0.3, -0.25) is 0 Å². The third kappa shape index (κ3) is 3.45. The molecule has 2 aromatic carbocycles. The first-order valence-electron chi connectivity index (χ1n) is 7.54. The molecule has 1 unspecified atom stereocenters. The summed E-state index contributed by atoms with van der Waals surface area (Å²) in [6.07, 6.45) is 0. The summed E-state index contributed by atoms with van der Waals surface area (Å²) in [7, 11) is 2.01. The van der Waals surface area contributed by atoms with Crippen molar-refractivity contribution in [3.05, 3.63) is 64.2 Å². The first-order chi connectivity index (χ1) is 10.1. The van der Waals surface area contributed by atoms with Crippen molar-refractivity contribution in [3.63, 3.8) is 0 Å². The summed E-state index contributed by atoms with van der Waals surface area (Å²) in [5, 5.41) is 3.45. The number of hydrogen-bond acceptors (Lipinski definition) is 2. The minimum absolute atomic E-state index is 0.210. The summed E-state index contributed by atoms with van der Waals surface area (Å²) in [5.41, 5.74) is 6.61. The van der Waals surface area contributed by atoms with E-state index < -0.39 is 0 Å². The highest BCUT2D eigenvalue weighted by atomic mass is 16.5.